The van der Waals surface area contributed by atoms with E-state index in [1.807, 2.05) is 24.8 Å². The second-order valence-corrected chi connectivity index (χ2v) is 5.54. The maximum atomic E-state index is 4.54. The molecule has 0 bridgehead atoms. The quantitative estimate of drug-likeness (QED) is 0.836. The van der Waals surface area contributed by atoms with Crippen molar-refractivity contribution in [3.63, 3.8) is 0 Å². The van der Waals surface area contributed by atoms with Gasteiger partial charge in [-0.1, -0.05) is 19.1 Å². The summed E-state index contributed by atoms with van der Waals surface area (Å²) >= 11 is 1.84. The van der Waals surface area contributed by atoms with E-state index in [-0.39, 0.29) is 0 Å². The Balaban J connectivity index is 2.29. The average Bonchev–Trinajstić information content (AvgIpc) is 2.40. The van der Waals surface area contributed by atoms with Crippen molar-refractivity contribution in [1.29, 1.82) is 0 Å². The Hall–Kier alpha value is -1.55. The maximum absolute atomic E-state index is 4.54. The summed E-state index contributed by atoms with van der Waals surface area (Å²) in [6, 6.07) is 10.4. The van der Waals surface area contributed by atoms with Crippen LogP contribution in [0, 0.1) is 6.92 Å². The van der Waals surface area contributed by atoms with Gasteiger partial charge in [-0.05, 0) is 31.7 Å². The summed E-state index contributed by atoms with van der Waals surface area (Å²) in [6.45, 7) is 7.08. The first-order chi connectivity index (χ1) is 9.22. The summed E-state index contributed by atoms with van der Waals surface area (Å²) in [5.41, 5.74) is 2.04. The first-order valence-electron chi connectivity index (χ1n) is 6.55. The lowest BCUT2D eigenvalue weighted by Crippen LogP contribution is -2.02. The number of anilines is 1. The van der Waals surface area contributed by atoms with Gasteiger partial charge in [0.05, 0.1) is 0 Å². The number of benzene rings is 1. The number of aromatic nitrogens is 2. The molecule has 0 aliphatic rings. The zero-order chi connectivity index (χ0) is 13.7. The molecule has 2 aromatic rings. The predicted molar refractivity (Wildman–Crippen MR) is 82.8 cm³/mol. The van der Waals surface area contributed by atoms with Gasteiger partial charge >= 0.3 is 0 Å². The highest BCUT2D eigenvalue weighted by Gasteiger charge is 2.04. The lowest BCUT2D eigenvalue weighted by Gasteiger charge is -2.07. The molecule has 1 heterocycles. The fourth-order valence-corrected chi connectivity index (χ4v) is 2.50. The highest BCUT2D eigenvalue weighted by molar-refractivity contribution is 7.99. The summed E-state index contributed by atoms with van der Waals surface area (Å²) in [7, 11) is 0. The molecule has 4 heteroatoms. The van der Waals surface area contributed by atoms with Crippen molar-refractivity contribution in [3.05, 3.63) is 36.0 Å². The van der Waals surface area contributed by atoms with Crippen LogP contribution in [0.15, 0.2) is 35.2 Å². The highest BCUT2D eigenvalue weighted by Crippen LogP contribution is 2.23. The molecule has 1 aromatic carbocycles. The van der Waals surface area contributed by atoms with Crippen LogP contribution >= 0.6 is 11.8 Å². The standard InChI is InChI=1S/C15H19N3S/c1-4-16-14-10-11(3)17-15(18-14)12-6-8-13(9-7-12)19-5-2/h6-10H,4-5H2,1-3H3,(H,16,17,18). The molecule has 3 nitrogen and oxygen atoms in total. The molecule has 0 unspecified atom stereocenters. The number of hydrogen-bond donors (Lipinski definition) is 1. The summed E-state index contributed by atoms with van der Waals surface area (Å²) in [5.74, 6) is 2.76. The van der Waals surface area contributed by atoms with Crippen LogP contribution in [0.25, 0.3) is 11.4 Å². The third kappa shape index (κ3) is 3.70. The van der Waals surface area contributed by atoms with Crippen molar-refractivity contribution in [3.8, 4) is 11.4 Å². The minimum atomic E-state index is 0.781. The van der Waals surface area contributed by atoms with E-state index in [1.54, 1.807) is 0 Å². The van der Waals surface area contributed by atoms with Crippen LogP contribution in [-0.4, -0.2) is 22.3 Å². The molecule has 0 amide bonds. The lowest BCUT2D eigenvalue weighted by atomic mass is 10.2. The average molecular weight is 273 g/mol. The Labute approximate surface area is 118 Å². The molecular formula is C15H19N3S. The van der Waals surface area contributed by atoms with Crippen LogP contribution in [0.1, 0.15) is 19.5 Å². The summed E-state index contributed by atoms with van der Waals surface area (Å²) < 4.78 is 0. The second kappa shape index (κ2) is 6.57. The first kappa shape index (κ1) is 13.9. The number of rotatable bonds is 5. The van der Waals surface area contributed by atoms with Crippen molar-refractivity contribution in [1.82, 2.24) is 9.97 Å². The molecule has 0 aliphatic heterocycles. The largest absolute Gasteiger partial charge is 0.370 e. The van der Waals surface area contributed by atoms with Gasteiger partial charge in [0.1, 0.15) is 5.82 Å². The van der Waals surface area contributed by atoms with Crippen molar-refractivity contribution < 1.29 is 0 Å². The van der Waals surface area contributed by atoms with Gasteiger partial charge in [-0.25, -0.2) is 9.97 Å². The smallest absolute Gasteiger partial charge is 0.161 e. The number of nitrogens with zero attached hydrogens (tertiary/aromatic N) is 2. The Morgan fingerprint density at radius 3 is 2.47 bits per heavy atom. The molecule has 0 saturated carbocycles. The van der Waals surface area contributed by atoms with Gasteiger partial charge in [-0.15, -0.1) is 11.8 Å². The molecule has 1 aromatic heterocycles. The van der Waals surface area contributed by atoms with Gasteiger partial charge < -0.3 is 5.32 Å². The van der Waals surface area contributed by atoms with Crippen LogP contribution < -0.4 is 5.32 Å². The second-order valence-electron chi connectivity index (χ2n) is 4.21. The van der Waals surface area contributed by atoms with E-state index in [0.717, 1.165) is 35.2 Å². The molecule has 0 atom stereocenters. The van der Waals surface area contributed by atoms with E-state index in [4.69, 9.17) is 0 Å². The Kier molecular flexibility index (Phi) is 4.80. The Morgan fingerprint density at radius 2 is 1.84 bits per heavy atom. The molecule has 1 N–H and O–H groups in total. The van der Waals surface area contributed by atoms with Crippen LogP contribution in [-0.2, 0) is 0 Å². The van der Waals surface area contributed by atoms with Crippen molar-refractivity contribution in [2.45, 2.75) is 25.7 Å². The Morgan fingerprint density at radius 1 is 1.11 bits per heavy atom. The monoisotopic (exact) mass is 273 g/mol. The van der Waals surface area contributed by atoms with Crippen LogP contribution in [0.4, 0.5) is 5.82 Å². The number of aryl methyl sites for hydroxylation is 1. The Bertz CT molecular complexity index is 538. The van der Waals surface area contributed by atoms with Gasteiger partial charge in [0.2, 0.25) is 0 Å². The van der Waals surface area contributed by atoms with E-state index in [2.05, 4.69) is 53.4 Å². The van der Waals surface area contributed by atoms with Crippen LogP contribution in [0.3, 0.4) is 0 Å². The minimum absolute atomic E-state index is 0.781. The number of thioether (sulfide) groups is 1. The molecule has 19 heavy (non-hydrogen) atoms. The van der Waals surface area contributed by atoms with E-state index >= 15 is 0 Å². The molecule has 2 rings (SSSR count). The first-order valence-corrected chi connectivity index (χ1v) is 7.54. The van der Waals surface area contributed by atoms with E-state index < -0.39 is 0 Å². The topological polar surface area (TPSA) is 37.8 Å². The van der Waals surface area contributed by atoms with E-state index in [9.17, 15) is 0 Å². The molecular weight excluding hydrogens is 254 g/mol. The van der Waals surface area contributed by atoms with Crippen LogP contribution in [0.5, 0.6) is 0 Å². The number of hydrogen-bond acceptors (Lipinski definition) is 4. The molecule has 0 aliphatic carbocycles. The maximum Gasteiger partial charge on any atom is 0.161 e. The van der Waals surface area contributed by atoms with Gasteiger partial charge in [0, 0.05) is 28.8 Å². The van der Waals surface area contributed by atoms with Gasteiger partial charge in [0.15, 0.2) is 5.82 Å². The van der Waals surface area contributed by atoms with Gasteiger partial charge in [-0.2, -0.15) is 0 Å². The molecule has 0 spiro atoms. The van der Waals surface area contributed by atoms with Crippen LogP contribution in [0.2, 0.25) is 0 Å². The zero-order valence-corrected chi connectivity index (χ0v) is 12.4. The van der Waals surface area contributed by atoms with Gasteiger partial charge in [-0.3, -0.25) is 0 Å². The van der Waals surface area contributed by atoms with Crippen molar-refractivity contribution in [2.24, 2.45) is 0 Å². The third-order valence-corrected chi connectivity index (χ3v) is 3.53. The zero-order valence-electron chi connectivity index (χ0n) is 11.6. The van der Waals surface area contributed by atoms with Crippen molar-refractivity contribution in [2.75, 3.05) is 17.6 Å². The van der Waals surface area contributed by atoms with Crippen molar-refractivity contribution >= 4 is 17.6 Å². The molecule has 0 radical (unpaired) electrons. The molecule has 0 fully saturated rings. The fraction of sp³-hybridized carbons (Fsp3) is 0.333. The normalized spacial score (nSPS) is 10.5. The third-order valence-electron chi connectivity index (χ3n) is 2.64. The molecule has 100 valence electrons. The fourth-order valence-electron chi connectivity index (χ4n) is 1.84. The molecule has 0 saturated heterocycles. The summed E-state index contributed by atoms with van der Waals surface area (Å²) in [5, 5.41) is 3.23. The minimum Gasteiger partial charge on any atom is -0.370 e. The van der Waals surface area contributed by atoms with Gasteiger partial charge in [0.25, 0.3) is 0 Å². The summed E-state index contributed by atoms with van der Waals surface area (Å²) in [4.78, 5) is 10.3. The number of nitrogens with one attached hydrogen (secondary N) is 1. The van der Waals surface area contributed by atoms with E-state index in [0.29, 0.717) is 0 Å². The highest BCUT2D eigenvalue weighted by atomic mass is 32.2. The van der Waals surface area contributed by atoms with E-state index in [1.165, 1.54) is 4.90 Å². The summed E-state index contributed by atoms with van der Waals surface area (Å²) in [6.07, 6.45) is 0. The SMILES string of the molecule is CCNc1cc(C)nc(-c2ccc(SCC)cc2)n1. The lowest BCUT2D eigenvalue weighted by molar-refractivity contribution is 1.08. The predicted octanol–water partition coefficient (Wildman–Crippen LogP) is 4.00.